The predicted molar refractivity (Wildman–Crippen MR) is 113 cm³/mol. The largest absolute Gasteiger partial charge is 0.352 e. The minimum Gasteiger partial charge on any atom is -0.352 e. The molecular formula is C22H30N4OS. The summed E-state index contributed by atoms with van der Waals surface area (Å²) in [6.45, 7) is 0.669. The lowest BCUT2D eigenvalue weighted by Gasteiger charge is -2.17. The van der Waals surface area contributed by atoms with Gasteiger partial charge in [0, 0.05) is 24.6 Å². The van der Waals surface area contributed by atoms with E-state index in [9.17, 15) is 4.79 Å². The van der Waals surface area contributed by atoms with Crippen molar-refractivity contribution in [3.05, 3.63) is 40.7 Å². The third-order valence-corrected chi connectivity index (χ3v) is 6.72. The second-order valence-corrected chi connectivity index (χ2v) is 8.73. The van der Waals surface area contributed by atoms with Crippen LogP contribution in [0.15, 0.2) is 23.4 Å². The quantitative estimate of drug-likeness (QED) is 0.556. The van der Waals surface area contributed by atoms with Gasteiger partial charge in [-0.2, -0.15) is 0 Å². The summed E-state index contributed by atoms with van der Waals surface area (Å²) in [6, 6.07) is 6.75. The van der Waals surface area contributed by atoms with Crippen LogP contribution in [0.2, 0.25) is 0 Å². The van der Waals surface area contributed by atoms with E-state index in [2.05, 4.69) is 38.5 Å². The number of benzene rings is 1. The van der Waals surface area contributed by atoms with Crippen molar-refractivity contribution in [2.75, 3.05) is 12.8 Å². The summed E-state index contributed by atoms with van der Waals surface area (Å²) in [7, 11) is 0. The van der Waals surface area contributed by atoms with Crippen LogP contribution in [0, 0.1) is 0 Å². The van der Waals surface area contributed by atoms with Crippen LogP contribution in [0.25, 0.3) is 0 Å². The average Bonchev–Trinajstić information content (AvgIpc) is 3.39. The second-order valence-electron chi connectivity index (χ2n) is 7.96. The number of nitrogens with zero attached hydrogens (tertiary/aromatic N) is 3. The van der Waals surface area contributed by atoms with E-state index in [1.54, 1.807) is 11.8 Å². The zero-order valence-electron chi connectivity index (χ0n) is 16.7. The van der Waals surface area contributed by atoms with Gasteiger partial charge in [-0.25, -0.2) is 0 Å². The molecule has 2 aromatic rings. The van der Waals surface area contributed by atoms with Gasteiger partial charge in [0.15, 0.2) is 5.16 Å². The lowest BCUT2D eigenvalue weighted by Crippen LogP contribution is -2.25. The number of nitrogens with one attached hydrogen (secondary N) is 1. The highest BCUT2D eigenvalue weighted by molar-refractivity contribution is 7.98. The standard InChI is InChI=1S/C22H30N4OS/c1-28-22-25-24-20(26(22)19-9-4-5-10-19)11-6-14-23-21(27)18-13-12-16-7-2-3-8-17(16)15-18/h12-13,15,19H,2-11,14H2,1H3,(H,23,27). The Labute approximate surface area is 171 Å². The van der Waals surface area contributed by atoms with Crippen molar-refractivity contribution in [2.45, 2.75) is 75.4 Å². The molecule has 0 bridgehead atoms. The van der Waals surface area contributed by atoms with E-state index in [4.69, 9.17) is 0 Å². The van der Waals surface area contributed by atoms with Crippen molar-refractivity contribution in [3.63, 3.8) is 0 Å². The summed E-state index contributed by atoms with van der Waals surface area (Å²) < 4.78 is 2.35. The van der Waals surface area contributed by atoms with E-state index in [0.717, 1.165) is 42.2 Å². The van der Waals surface area contributed by atoms with Gasteiger partial charge in [0.05, 0.1) is 0 Å². The van der Waals surface area contributed by atoms with Crippen LogP contribution in [0.1, 0.15) is 78.3 Å². The molecule has 0 atom stereocenters. The van der Waals surface area contributed by atoms with Gasteiger partial charge >= 0.3 is 0 Å². The monoisotopic (exact) mass is 398 g/mol. The molecule has 2 aliphatic rings. The number of carbonyl (C=O) groups is 1. The molecule has 1 amide bonds. The number of fused-ring (bicyclic) bond motifs is 1. The van der Waals surface area contributed by atoms with Gasteiger partial charge < -0.3 is 9.88 Å². The van der Waals surface area contributed by atoms with Crippen molar-refractivity contribution in [2.24, 2.45) is 0 Å². The molecule has 1 aromatic carbocycles. The van der Waals surface area contributed by atoms with Gasteiger partial charge in [-0.15, -0.1) is 10.2 Å². The zero-order chi connectivity index (χ0) is 19.3. The minimum absolute atomic E-state index is 0.0374. The SMILES string of the molecule is CSc1nnc(CCCNC(=O)c2ccc3c(c2)CCCC3)n1C1CCCC1. The van der Waals surface area contributed by atoms with E-state index in [0.29, 0.717) is 12.6 Å². The number of hydrogen-bond donors (Lipinski definition) is 1. The van der Waals surface area contributed by atoms with Gasteiger partial charge in [-0.1, -0.05) is 30.7 Å². The molecule has 4 rings (SSSR count). The maximum absolute atomic E-state index is 12.5. The normalized spacial score (nSPS) is 16.9. The molecule has 1 saturated carbocycles. The summed E-state index contributed by atoms with van der Waals surface area (Å²) >= 11 is 1.68. The molecule has 28 heavy (non-hydrogen) atoms. The summed E-state index contributed by atoms with van der Waals surface area (Å²) in [4.78, 5) is 12.5. The Hall–Kier alpha value is -1.82. The molecule has 0 saturated heterocycles. The zero-order valence-corrected chi connectivity index (χ0v) is 17.6. The topological polar surface area (TPSA) is 59.8 Å². The lowest BCUT2D eigenvalue weighted by molar-refractivity contribution is 0.0953. The highest BCUT2D eigenvalue weighted by Gasteiger charge is 2.23. The number of aromatic nitrogens is 3. The third-order valence-electron chi connectivity index (χ3n) is 6.08. The maximum Gasteiger partial charge on any atom is 0.251 e. The molecule has 1 N–H and O–H groups in total. The molecule has 0 unspecified atom stereocenters. The summed E-state index contributed by atoms with van der Waals surface area (Å²) in [5.74, 6) is 1.11. The van der Waals surface area contributed by atoms with Crippen LogP contribution in [-0.4, -0.2) is 33.5 Å². The Morgan fingerprint density at radius 3 is 2.71 bits per heavy atom. The fourth-order valence-electron chi connectivity index (χ4n) is 4.57. The second kappa shape index (κ2) is 9.12. The van der Waals surface area contributed by atoms with E-state index < -0.39 is 0 Å². The molecule has 6 heteroatoms. The summed E-state index contributed by atoms with van der Waals surface area (Å²) in [5, 5.41) is 12.9. The van der Waals surface area contributed by atoms with Crippen molar-refractivity contribution < 1.29 is 4.79 Å². The average molecular weight is 399 g/mol. The predicted octanol–water partition coefficient (Wildman–Crippen LogP) is 4.36. The molecule has 150 valence electrons. The maximum atomic E-state index is 12.5. The molecule has 1 heterocycles. The first-order valence-electron chi connectivity index (χ1n) is 10.6. The van der Waals surface area contributed by atoms with E-state index in [-0.39, 0.29) is 5.91 Å². The molecule has 0 aliphatic heterocycles. The van der Waals surface area contributed by atoms with Crippen molar-refractivity contribution in [1.29, 1.82) is 0 Å². The molecule has 0 spiro atoms. The number of aryl methyl sites for hydroxylation is 3. The molecular weight excluding hydrogens is 368 g/mol. The Kier molecular flexibility index (Phi) is 6.35. The van der Waals surface area contributed by atoms with Gasteiger partial charge in [0.1, 0.15) is 5.82 Å². The Bertz CT molecular complexity index is 826. The number of hydrogen-bond acceptors (Lipinski definition) is 4. The van der Waals surface area contributed by atoms with Gasteiger partial charge in [0.2, 0.25) is 0 Å². The van der Waals surface area contributed by atoms with Crippen LogP contribution >= 0.6 is 11.8 Å². The summed E-state index contributed by atoms with van der Waals surface area (Å²) in [6.07, 6.45) is 13.6. The highest BCUT2D eigenvalue weighted by atomic mass is 32.2. The number of carbonyl (C=O) groups excluding carboxylic acids is 1. The van der Waals surface area contributed by atoms with Crippen LogP contribution in [0.3, 0.4) is 0 Å². The fraction of sp³-hybridized carbons (Fsp3) is 0.591. The molecule has 1 aromatic heterocycles. The fourth-order valence-corrected chi connectivity index (χ4v) is 5.15. The molecule has 0 radical (unpaired) electrons. The number of thioether (sulfide) groups is 1. The van der Waals surface area contributed by atoms with Crippen molar-refractivity contribution in [1.82, 2.24) is 20.1 Å². The van der Waals surface area contributed by atoms with Crippen molar-refractivity contribution in [3.8, 4) is 0 Å². The van der Waals surface area contributed by atoms with Gasteiger partial charge in [-0.05, 0) is 74.5 Å². The number of amides is 1. The Morgan fingerprint density at radius 1 is 1.14 bits per heavy atom. The molecule has 5 nitrogen and oxygen atoms in total. The van der Waals surface area contributed by atoms with Crippen LogP contribution in [-0.2, 0) is 19.3 Å². The minimum atomic E-state index is 0.0374. The van der Waals surface area contributed by atoms with Crippen LogP contribution in [0.5, 0.6) is 0 Å². The van der Waals surface area contributed by atoms with Crippen molar-refractivity contribution >= 4 is 17.7 Å². The Balaban J connectivity index is 1.31. The van der Waals surface area contributed by atoms with E-state index >= 15 is 0 Å². The van der Waals surface area contributed by atoms with E-state index in [1.807, 2.05) is 6.07 Å². The summed E-state index contributed by atoms with van der Waals surface area (Å²) in [5.41, 5.74) is 3.56. The number of rotatable bonds is 7. The third kappa shape index (κ3) is 4.27. The molecule has 1 fully saturated rings. The first kappa shape index (κ1) is 19.5. The Morgan fingerprint density at radius 2 is 1.93 bits per heavy atom. The van der Waals surface area contributed by atoms with Gasteiger partial charge in [0.25, 0.3) is 5.91 Å². The van der Waals surface area contributed by atoms with Crippen LogP contribution in [0.4, 0.5) is 0 Å². The lowest BCUT2D eigenvalue weighted by atomic mass is 9.90. The van der Waals surface area contributed by atoms with E-state index in [1.165, 1.54) is 49.7 Å². The first-order chi connectivity index (χ1) is 13.8. The van der Waals surface area contributed by atoms with Crippen LogP contribution < -0.4 is 5.32 Å². The smallest absolute Gasteiger partial charge is 0.251 e. The van der Waals surface area contributed by atoms with Gasteiger partial charge in [-0.3, -0.25) is 4.79 Å². The highest BCUT2D eigenvalue weighted by Crippen LogP contribution is 2.33. The first-order valence-corrected chi connectivity index (χ1v) is 11.9. The molecule has 2 aliphatic carbocycles.